The average molecular weight is 195 g/mol. The van der Waals surface area contributed by atoms with Crippen molar-refractivity contribution in [2.24, 2.45) is 0 Å². The molecule has 0 radical (unpaired) electrons. The first kappa shape index (κ1) is 12.4. The summed E-state index contributed by atoms with van der Waals surface area (Å²) in [6, 6.07) is 3.35. The Kier molecular flexibility index (Phi) is 5.29. The molecular formula is C10H17N3O. The van der Waals surface area contributed by atoms with Gasteiger partial charge in [0, 0.05) is 6.07 Å². The summed E-state index contributed by atoms with van der Waals surface area (Å²) in [5.74, 6) is 0.478. The zero-order chi connectivity index (χ0) is 11.1. The number of aromatic nitrogens is 1. The van der Waals surface area contributed by atoms with Crippen molar-refractivity contribution in [2.45, 2.75) is 20.8 Å². The van der Waals surface area contributed by atoms with Crippen molar-refractivity contribution in [1.29, 1.82) is 5.41 Å². The first-order valence-electron chi connectivity index (χ1n) is 4.51. The van der Waals surface area contributed by atoms with Gasteiger partial charge in [-0.3, -0.25) is 0 Å². The normalized spacial score (nSPS) is 8.57. The minimum atomic E-state index is 0.339. The van der Waals surface area contributed by atoms with Gasteiger partial charge in [-0.05, 0) is 13.0 Å². The Bertz CT molecular complexity index is 310. The van der Waals surface area contributed by atoms with E-state index >= 15 is 0 Å². The molecule has 0 fully saturated rings. The molecule has 78 valence electrons. The summed E-state index contributed by atoms with van der Waals surface area (Å²) in [5.41, 5.74) is 6.91. The number of pyridine rings is 1. The predicted molar refractivity (Wildman–Crippen MR) is 59.1 cm³/mol. The number of ether oxygens (including phenoxy) is 1. The molecule has 1 aromatic heterocycles. The van der Waals surface area contributed by atoms with Gasteiger partial charge in [0.15, 0.2) is 0 Å². The number of anilines is 1. The summed E-state index contributed by atoms with van der Waals surface area (Å²) in [7, 11) is 1.53. The van der Waals surface area contributed by atoms with Crippen LogP contribution in [0.3, 0.4) is 0 Å². The van der Waals surface area contributed by atoms with Gasteiger partial charge in [0.2, 0.25) is 5.88 Å². The summed E-state index contributed by atoms with van der Waals surface area (Å²) >= 11 is 0. The number of rotatable bonds is 2. The van der Waals surface area contributed by atoms with Crippen LogP contribution >= 0.6 is 0 Å². The molecule has 0 aliphatic heterocycles. The van der Waals surface area contributed by atoms with E-state index in [-0.39, 0.29) is 0 Å². The summed E-state index contributed by atoms with van der Waals surface area (Å²) in [5, 5.41) is 7.35. The topological polar surface area (TPSA) is 72.0 Å². The molecule has 0 spiro atoms. The Hall–Kier alpha value is -1.58. The lowest BCUT2D eigenvalue weighted by Gasteiger charge is -2.04. The molecule has 4 nitrogen and oxygen atoms in total. The molecule has 1 heterocycles. The lowest BCUT2D eigenvalue weighted by atomic mass is 10.2. The van der Waals surface area contributed by atoms with Gasteiger partial charge in [0.05, 0.1) is 18.5 Å². The lowest BCUT2D eigenvalue weighted by molar-refractivity contribution is 0.398. The lowest BCUT2D eigenvalue weighted by Crippen LogP contribution is -2.03. The van der Waals surface area contributed by atoms with E-state index in [0.29, 0.717) is 23.0 Å². The second kappa shape index (κ2) is 5.96. The molecule has 0 saturated carbocycles. The van der Waals surface area contributed by atoms with Crippen LogP contribution in [0.25, 0.3) is 0 Å². The number of nitrogens with zero attached hydrogens (tertiary/aromatic N) is 1. The summed E-state index contributed by atoms with van der Waals surface area (Å²) in [6.45, 7) is 5.64. The highest BCUT2D eigenvalue weighted by molar-refractivity contribution is 5.99. The maximum Gasteiger partial charge on any atom is 0.213 e. The van der Waals surface area contributed by atoms with Gasteiger partial charge < -0.3 is 15.9 Å². The van der Waals surface area contributed by atoms with Crippen molar-refractivity contribution in [1.82, 2.24) is 4.98 Å². The van der Waals surface area contributed by atoms with Crippen LogP contribution in [-0.2, 0) is 0 Å². The van der Waals surface area contributed by atoms with E-state index in [2.05, 4.69) is 4.98 Å². The van der Waals surface area contributed by atoms with Crippen molar-refractivity contribution in [3.05, 3.63) is 17.8 Å². The minimum absolute atomic E-state index is 0.339. The quantitative estimate of drug-likeness (QED) is 0.710. The largest absolute Gasteiger partial charge is 0.481 e. The van der Waals surface area contributed by atoms with Crippen LogP contribution in [0.15, 0.2) is 12.1 Å². The maximum absolute atomic E-state index is 7.35. The second-order valence-electron chi connectivity index (χ2n) is 2.42. The van der Waals surface area contributed by atoms with Crippen LogP contribution in [0.5, 0.6) is 5.88 Å². The fourth-order valence-electron chi connectivity index (χ4n) is 0.866. The smallest absolute Gasteiger partial charge is 0.213 e. The molecule has 0 saturated heterocycles. The highest BCUT2D eigenvalue weighted by Crippen LogP contribution is 2.14. The molecule has 0 bridgehead atoms. The van der Waals surface area contributed by atoms with Crippen LogP contribution in [-0.4, -0.2) is 17.8 Å². The second-order valence-corrected chi connectivity index (χ2v) is 2.42. The Morgan fingerprint density at radius 1 is 1.43 bits per heavy atom. The number of methoxy groups -OCH3 is 1. The van der Waals surface area contributed by atoms with E-state index in [1.54, 1.807) is 19.1 Å². The number of hydrogen-bond acceptors (Lipinski definition) is 4. The summed E-state index contributed by atoms with van der Waals surface area (Å²) < 4.78 is 4.90. The average Bonchev–Trinajstić information content (AvgIpc) is 2.21. The SMILES string of the molecule is CC.COc1ccc(N)c(C(C)=N)n1. The van der Waals surface area contributed by atoms with Gasteiger partial charge >= 0.3 is 0 Å². The molecule has 0 aromatic carbocycles. The van der Waals surface area contributed by atoms with Gasteiger partial charge in [0.1, 0.15) is 5.69 Å². The highest BCUT2D eigenvalue weighted by Gasteiger charge is 2.04. The molecule has 14 heavy (non-hydrogen) atoms. The molecule has 0 aliphatic rings. The molecular weight excluding hydrogens is 178 g/mol. The first-order chi connectivity index (χ1) is 6.65. The highest BCUT2D eigenvalue weighted by atomic mass is 16.5. The molecule has 3 N–H and O–H groups in total. The molecule has 0 aliphatic carbocycles. The van der Waals surface area contributed by atoms with Crippen molar-refractivity contribution >= 4 is 11.4 Å². The number of nitrogen functional groups attached to an aromatic ring is 1. The third kappa shape index (κ3) is 3.05. The molecule has 0 atom stereocenters. The van der Waals surface area contributed by atoms with Crippen molar-refractivity contribution in [3.63, 3.8) is 0 Å². The van der Waals surface area contributed by atoms with Crippen LogP contribution < -0.4 is 10.5 Å². The van der Waals surface area contributed by atoms with Crippen molar-refractivity contribution in [2.75, 3.05) is 12.8 Å². The van der Waals surface area contributed by atoms with Crippen LogP contribution in [0.1, 0.15) is 26.5 Å². The van der Waals surface area contributed by atoms with Crippen molar-refractivity contribution < 1.29 is 4.74 Å². The van der Waals surface area contributed by atoms with Crippen molar-refractivity contribution in [3.8, 4) is 5.88 Å². The first-order valence-corrected chi connectivity index (χ1v) is 4.51. The predicted octanol–water partition coefficient (Wildman–Crippen LogP) is 2.09. The van der Waals surface area contributed by atoms with E-state index in [1.807, 2.05) is 13.8 Å². The van der Waals surface area contributed by atoms with E-state index in [0.717, 1.165) is 0 Å². The molecule has 0 amide bonds. The Balaban J connectivity index is 0.000000791. The standard InChI is InChI=1S/C8H11N3O.C2H6/c1-5(9)8-6(10)3-4-7(11-8)12-2;1-2/h3-4,9H,10H2,1-2H3;1-2H3. The van der Waals surface area contributed by atoms with Gasteiger partial charge in [-0.2, -0.15) is 0 Å². The Labute approximate surface area is 84.6 Å². The van der Waals surface area contributed by atoms with E-state index in [4.69, 9.17) is 15.9 Å². The van der Waals surface area contributed by atoms with Gasteiger partial charge in [0.25, 0.3) is 0 Å². The number of nitrogens with two attached hydrogens (primary N) is 1. The van der Waals surface area contributed by atoms with Gasteiger partial charge in [-0.15, -0.1) is 0 Å². The molecule has 1 rings (SSSR count). The fourth-order valence-corrected chi connectivity index (χ4v) is 0.866. The molecule has 4 heteroatoms. The van der Waals surface area contributed by atoms with E-state index < -0.39 is 0 Å². The third-order valence-electron chi connectivity index (χ3n) is 1.47. The zero-order valence-electron chi connectivity index (χ0n) is 9.09. The minimum Gasteiger partial charge on any atom is -0.481 e. The molecule has 1 aromatic rings. The Morgan fingerprint density at radius 3 is 2.43 bits per heavy atom. The summed E-state index contributed by atoms with van der Waals surface area (Å²) in [4.78, 5) is 4.02. The van der Waals surface area contributed by atoms with E-state index in [1.165, 1.54) is 7.11 Å². The summed E-state index contributed by atoms with van der Waals surface area (Å²) in [6.07, 6.45) is 0. The van der Waals surface area contributed by atoms with Gasteiger partial charge in [-0.25, -0.2) is 4.98 Å². The third-order valence-corrected chi connectivity index (χ3v) is 1.47. The monoisotopic (exact) mass is 195 g/mol. The zero-order valence-corrected chi connectivity index (χ0v) is 9.09. The van der Waals surface area contributed by atoms with Crippen LogP contribution in [0, 0.1) is 5.41 Å². The van der Waals surface area contributed by atoms with Crippen LogP contribution in [0.2, 0.25) is 0 Å². The molecule has 0 unspecified atom stereocenters. The maximum atomic E-state index is 7.35. The number of hydrogen-bond donors (Lipinski definition) is 2. The van der Waals surface area contributed by atoms with E-state index in [9.17, 15) is 0 Å². The van der Waals surface area contributed by atoms with Crippen LogP contribution in [0.4, 0.5) is 5.69 Å². The number of nitrogens with one attached hydrogen (secondary N) is 1. The fraction of sp³-hybridized carbons (Fsp3) is 0.400. The van der Waals surface area contributed by atoms with Gasteiger partial charge in [-0.1, -0.05) is 13.8 Å². The Morgan fingerprint density at radius 2 is 2.00 bits per heavy atom.